The summed E-state index contributed by atoms with van der Waals surface area (Å²) in [6, 6.07) is 3.95. The fourth-order valence-electron chi connectivity index (χ4n) is 0.922. The molecule has 1 unspecified atom stereocenters. The Balaban J connectivity index is 2.66. The van der Waals surface area contributed by atoms with Crippen LogP contribution in [0.4, 0.5) is 0 Å². The molecule has 1 N–H and O–H groups in total. The first-order valence-electron chi connectivity index (χ1n) is 3.78. The van der Waals surface area contributed by atoms with Crippen LogP contribution < -0.4 is 0 Å². The monoisotopic (exact) mass is 151 g/mol. The number of pyridine rings is 1. The lowest BCUT2D eigenvalue weighted by molar-refractivity contribution is 0.194. The number of hydrogen-bond donors (Lipinski definition) is 1. The molecule has 1 atom stereocenters. The van der Waals surface area contributed by atoms with Crippen LogP contribution in [-0.2, 0) is 6.42 Å². The zero-order valence-corrected chi connectivity index (χ0v) is 6.91. The van der Waals surface area contributed by atoms with E-state index in [9.17, 15) is 0 Å². The van der Waals surface area contributed by atoms with Crippen LogP contribution >= 0.6 is 0 Å². The molecule has 1 heterocycles. The molecule has 60 valence electrons. The van der Waals surface area contributed by atoms with Gasteiger partial charge in [-0.1, -0.05) is 6.07 Å². The molecule has 0 bridgehead atoms. The fourth-order valence-corrected chi connectivity index (χ4v) is 0.922. The van der Waals surface area contributed by atoms with Gasteiger partial charge in [0, 0.05) is 18.3 Å². The molecule has 11 heavy (non-hydrogen) atoms. The van der Waals surface area contributed by atoms with Crippen molar-refractivity contribution in [2.45, 2.75) is 26.4 Å². The minimum atomic E-state index is -0.301. The molecule has 1 aromatic rings. The molecule has 0 radical (unpaired) electrons. The molecule has 0 amide bonds. The van der Waals surface area contributed by atoms with Gasteiger partial charge in [0.1, 0.15) is 0 Å². The fraction of sp³-hybridized carbons (Fsp3) is 0.444. The zero-order valence-electron chi connectivity index (χ0n) is 6.91. The number of aliphatic hydroxyl groups excluding tert-OH is 1. The molecule has 1 aromatic heterocycles. The third kappa shape index (κ3) is 2.68. The summed E-state index contributed by atoms with van der Waals surface area (Å²) in [5.74, 6) is 0. The molecule has 0 saturated carbocycles. The maximum atomic E-state index is 9.04. The Labute approximate surface area is 66.9 Å². The van der Waals surface area contributed by atoms with Crippen LogP contribution in [0.5, 0.6) is 0 Å². The highest BCUT2D eigenvalue weighted by molar-refractivity contribution is 5.12. The van der Waals surface area contributed by atoms with E-state index in [0.717, 1.165) is 11.3 Å². The van der Waals surface area contributed by atoms with E-state index in [4.69, 9.17) is 5.11 Å². The third-order valence-electron chi connectivity index (χ3n) is 1.48. The van der Waals surface area contributed by atoms with E-state index >= 15 is 0 Å². The van der Waals surface area contributed by atoms with Gasteiger partial charge in [-0.25, -0.2) is 0 Å². The van der Waals surface area contributed by atoms with Crippen LogP contribution in [0.1, 0.15) is 18.2 Å². The average Bonchev–Trinajstić information content (AvgIpc) is 1.93. The molecule has 1 rings (SSSR count). The van der Waals surface area contributed by atoms with Gasteiger partial charge >= 0.3 is 0 Å². The molecular formula is C9H13NO. The minimum Gasteiger partial charge on any atom is -0.393 e. The van der Waals surface area contributed by atoms with Gasteiger partial charge in [-0.15, -0.1) is 0 Å². The highest BCUT2D eigenvalue weighted by Gasteiger charge is 1.98. The number of hydrogen-bond acceptors (Lipinski definition) is 2. The first-order valence-corrected chi connectivity index (χ1v) is 3.78. The van der Waals surface area contributed by atoms with Crippen molar-refractivity contribution in [2.75, 3.05) is 0 Å². The number of aliphatic hydroxyl groups is 1. The van der Waals surface area contributed by atoms with Crippen molar-refractivity contribution in [1.82, 2.24) is 4.98 Å². The Bertz CT molecular complexity index is 216. The Morgan fingerprint density at radius 1 is 1.55 bits per heavy atom. The van der Waals surface area contributed by atoms with E-state index in [1.807, 2.05) is 25.3 Å². The highest BCUT2D eigenvalue weighted by atomic mass is 16.3. The van der Waals surface area contributed by atoms with Crippen LogP contribution in [-0.4, -0.2) is 16.2 Å². The Hall–Kier alpha value is -0.890. The second-order valence-corrected chi connectivity index (χ2v) is 2.88. The van der Waals surface area contributed by atoms with Gasteiger partial charge in [-0.2, -0.15) is 0 Å². The van der Waals surface area contributed by atoms with Gasteiger partial charge in [0.25, 0.3) is 0 Å². The Morgan fingerprint density at radius 3 is 2.73 bits per heavy atom. The lowest BCUT2D eigenvalue weighted by Crippen LogP contribution is -2.05. The molecule has 0 aliphatic rings. The lowest BCUT2D eigenvalue weighted by Gasteiger charge is -2.02. The Kier molecular flexibility index (Phi) is 2.60. The minimum absolute atomic E-state index is 0.301. The summed E-state index contributed by atoms with van der Waals surface area (Å²) in [6.45, 7) is 3.76. The van der Waals surface area contributed by atoms with Crippen LogP contribution in [0.25, 0.3) is 0 Å². The number of rotatable bonds is 2. The smallest absolute Gasteiger partial charge is 0.0567 e. The van der Waals surface area contributed by atoms with Crippen molar-refractivity contribution in [3.63, 3.8) is 0 Å². The molecule has 0 aliphatic heterocycles. The van der Waals surface area contributed by atoms with Crippen molar-refractivity contribution in [1.29, 1.82) is 0 Å². The molecule has 2 heteroatoms. The van der Waals surface area contributed by atoms with Gasteiger partial charge in [-0.05, 0) is 25.5 Å². The number of aryl methyl sites for hydroxylation is 1. The topological polar surface area (TPSA) is 33.1 Å². The van der Waals surface area contributed by atoms with Crippen LogP contribution in [0.3, 0.4) is 0 Å². The van der Waals surface area contributed by atoms with E-state index in [1.165, 1.54) is 0 Å². The summed E-state index contributed by atoms with van der Waals surface area (Å²) in [6.07, 6.45) is 2.16. The highest BCUT2D eigenvalue weighted by Crippen LogP contribution is 2.01. The van der Waals surface area contributed by atoms with Gasteiger partial charge in [-0.3, -0.25) is 4.98 Å². The van der Waals surface area contributed by atoms with Gasteiger partial charge < -0.3 is 5.11 Å². The SMILES string of the molecule is Cc1ccc(CC(C)O)nc1. The van der Waals surface area contributed by atoms with Crippen LogP contribution in [0.15, 0.2) is 18.3 Å². The predicted octanol–water partition coefficient (Wildman–Crippen LogP) is 1.31. The maximum Gasteiger partial charge on any atom is 0.0567 e. The van der Waals surface area contributed by atoms with E-state index in [1.54, 1.807) is 6.92 Å². The standard InChI is InChI=1S/C9H13NO/c1-7-3-4-9(10-6-7)5-8(2)11/h3-4,6,8,11H,5H2,1-2H3. The van der Waals surface area contributed by atoms with Crippen LogP contribution in [0, 0.1) is 6.92 Å². The molecule has 0 fully saturated rings. The molecule has 0 saturated heterocycles. The van der Waals surface area contributed by atoms with E-state index in [2.05, 4.69) is 4.98 Å². The van der Waals surface area contributed by atoms with Crippen molar-refractivity contribution in [3.8, 4) is 0 Å². The van der Waals surface area contributed by atoms with Crippen molar-refractivity contribution >= 4 is 0 Å². The summed E-state index contributed by atoms with van der Waals surface area (Å²) < 4.78 is 0. The zero-order chi connectivity index (χ0) is 8.27. The summed E-state index contributed by atoms with van der Waals surface area (Å²) in [4.78, 5) is 4.16. The van der Waals surface area contributed by atoms with Gasteiger partial charge in [0.2, 0.25) is 0 Å². The van der Waals surface area contributed by atoms with E-state index in [-0.39, 0.29) is 6.10 Å². The Morgan fingerprint density at radius 2 is 2.27 bits per heavy atom. The van der Waals surface area contributed by atoms with Crippen molar-refractivity contribution in [2.24, 2.45) is 0 Å². The van der Waals surface area contributed by atoms with Crippen molar-refractivity contribution < 1.29 is 5.11 Å². The van der Waals surface area contributed by atoms with E-state index < -0.39 is 0 Å². The number of nitrogens with zero attached hydrogens (tertiary/aromatic N) is 1. The first kappa shape index (κ1) is 8.21. The third-order valence-corrected chi connectivity index (χ3v) is 1.48. The first-order chi connectivity index (χ1) is 5.18. The summed E-state index contributed by atoms with van der Waals surface area (Å²) in [7, 11) is 0. The molecule has 0 spiro atoms. The molecular weight excluding hydrogens is 138 g/mol. The maximum absolute atomic E-state index is 9.04. The van der Waals surface area contributed by atoms with Crippen LogP contribution in [0.2, 0.25) is 0 Å². The van der Waals surface area contributed by atoms with Gasteiger partial charge in [0.15, 0.2) is 0 Å². The summed E-state index contributed by atoms with van der Waals surface area (Å²) in [5.41, 5.74) is 2.10. The molecule has 0 aliphatic carbocycles. The lowest BCUT2D eigenvalue weighted by atomic mass is 10.2. The van der Waals surface area contributed by atoms with Crippen molar-refractivity contribution in [3.05, 3.63) is 29.6 Å². The van der Waals surface area contributed by atoms with E-state index in [0.29, 0.717) is 6.42 Å². The predicted molar refractivity (Wildman–Crippen MR) is 44.4 cm³/mol. The number of aromatic nitrogens is 1. The second kappa shape index (κ2) is 3.49. The molecule has 2 nitrogen and oxygen atoms in total. The normalized spacial score (nSPS) is 13.0. The van der Waals surface area contributed by atoms with Gasteiger partial charge in [0.05, 0.1) is 6.10 Å². The second-order valence-electron chi connectivity index (χ2n) is 2.88. The molecule has 0 aromatic carbocycles. The summed E-state index contributed by atoms with van der Waals surface area (Å²) >= 11 is 0. The quantitative estimate of drug-likeness (QED) is 0.691. The summed E-state index contributed by atoms with van der Waals surface area (Å²) in [5, 5.41) is 9.04. The average molecular weight is 151 g/mol. The largest absolute Gasteiger partial charge is 0.393 e.